The molecule has 0 spiro atoms. The van der Waals surface area contributed by atoms with E-state index in [1.165, 1.54) is 12.1 Å². The molecule has 1 rings (SSSR count). The smallest absolute Gasteiger partial charge is 0.166 e. The molecule has 0 aliphatic carbocycles. The molecule has 0 heterocycles. The van der Waals surface area contributed by atoms with E-state index in [0.29, 0.717) is 0 Å². The molecule has 5 heteroatoms. The maximum Gasteiger partial charge on any atom is 0.416 e. The van der Waals surface area contributed by atoms with E-state index in [0.717, 1.165) is 17.4 Å². The molecule has 0 aromatic heterocycles. The Hall–Kier alpha value is -0.270. The van der Waals surface area contributed by atoms with Crippen molar-refractivity contribution in [1.29, 1.82) is 0 Å². The van der Waals surface area contributed by atoms with Crippen LogP contribution in [0.4, 0.5) is 13.2 Å². The van der Waals surface area contributed by atoms with E-state index in [9.17, 15) is 13.2 Å². The second-order valence-corrected chi connectivity index (χ2v) is 2.79. The van der Waals surface area contributed by atoms with E-state index in [2.05, 4.69) is 9.24 Å². The highest BCUT2D eigenvalue weighted by Crippen LogP contribution is 2.28. The van der Waals surface area contributed by atoms with Gasteiger partial charge in [-0.3, -0.25) is 0 Å². The molecule has 12 heavy (non-hydrogen) atoms. The molecule has 0 bridgehead atoms. The zero-order valence-corrected chi connectivity index (χ0v) is 7.90. The SMILES string of the molecule is Cl.FC(F)(F)c1ccc(P)cc1. The summed E-state index contributed by atoms with van der Waals surface area (Å²) in [4.78, 5) is 0. The third kappa shape index (κ3) is 3.00. The zero-order chi connectivity index (χ0) is 8.48. The van der Waals surface area contributed by atoms with Crippen molar-refractivity contribution in [1.82, 2.24) is 0 Å². The van der Waals surface area contributed by atoms with E-state index < -0.39 is 11.7 Å². The summed E-state index contributed by atoms with van der Waals surface area (Å²) in [6.45, 7) is 0. The lowest BCUT2D eigenvalue weighted by atomic mass is 10.2. The Bertz CT molecular complexity index is 242. The molecule has 1 aromatic carbocycles. The molecule has 0 N–H and O–H groups in total. The lowest BCUT2D eigenvalue weighted by Gasteiger charge is -2.05. The van der Waals surface area contributed by atoms with Crippen LogP contribution in [0, 0.1) is 0 Å². The maximum atomic E-state index is 11.9. The number of hydrogen-bond donors (Lipinski definition) is 0. The van der Waals surface area contributed by atoms with Crippen LogP contribution in [0.3, 0.4) is 0 Å². The maximum absolute atomic E-state index is 11.9. The van der Waals surface area contributed by atoms with Gasteiger partial charge in [-0.1, -0.05) is 12.1 Å². The summed E-state index contributed by atoms with van der Waals surface area (Å²) < 4.78 is 35.7. The Kier molecular flexibility index (Phi) is 4.01. The number of alkyl halides is 3. The first-order chi connectivity index (χ1) is 5.00. The van der Waals surface area contributed by atoms with Crippen molar-refractivity contribution in [3.8, 4) is 0 Å². The Balaban J connectivity index is 0.00000121. The minimum absolute atomic E-state index is 0. The Morgan fingerprint density at radius 1 is 1.00 bits per heavy atom. The van der Waals surface area contributed by atoms with Crippen LogP contribution < -0.4 is 5.30 Å². The van der Waals surface area contributed by atoms with E-state index in [-0.39, 0.29) is 12.4 Å². The average molecular weight is 215 g/mol. The first-order valence-corrected chi connectivity index (χ1v) is 3.50. The highest BCUT2D eigenvalue weighted by Gasteiger charge is 2.29. The predicted molar refractivity (Wildman–Crippen MR) is 48.0 cm³/mol. The van der Waals surface area contributed by atoms with Gasteiger partial charge in [0, 0.05) is 0 Å². The number of halogens is 4. The lowest BCUT2D eigenvalue weighted by Crippen LogP contribution is -2.05. The highest BCUT2D eigenvalue weighted by atomic mass is 35.5. The molecule has 0 amide bonds. The van der Waals surface area contributed by atoms with Crippen LogP contribution in [0.2, 0.25) is 0 Å². The minimum Gasteiger partial charge on any atom is -0.166 e. The summed E-state index contributed by atoms with van der Waals surface area (Å²) in [6, 6.07) is 4.94. The lowest BCUT2D eigenvalue weighted by molar-refractivity contribution is -0.137. The zero-order valence-electron chi connectivity index (χ0n) is 5.93. The molecule has 1 aromatic rings. The number of rotatable bonds is 0. The third-order valence-corrected chi connectivity index (χ3v) is 1.62. The largest absolute Gasteiger partial charge is 0.416 e. The summed E-state index contributed by atoms with van der Waals surface area (Å²) in [6.07, 6.45) is -4.22. The molecular formula is C7H7ClF3P. The highest BCUT2D eigenvalue weighted by molar-refractivity contribution is 7.27. The molecule has 0 aliphatic rings. The Morgan fingerprint density at radius 2 is 1.42 bits per heavy atom. The van der Waals surface area contributed by atoms with E-state index in [1.807, 2.05) is 0 Å². The number of benzene rings is 1. The van der Waals surface area contributed by atoms with Crippen molar-refractivity contribution in [2.24, 2.45) is 0 Å². The molecule has 0 nitrogen and oxygen atoms in total. The quantitative estimate of drug-likeness (QED) is 0.583. The van der Waals surface area contributed by atoms with Crippen molar-refractivity contribution >= 4 is 27.0 Å². The van der Waals surface area contributed by atoms with Crippen molar-refractivity contribution < 1.29 is 13.2 Å². The van der Waals surface area contributed by atoms with Gasteiger partial charge in [0.1, 0.15) is 0 Å². The van der Waals surface area contributed by atoms with Gasteiger partial charge in [0.2, 0.25) is 0 Å². The standard InChI is InChI=1S/C7H6F3P.ClH/c8-7(9,10)5-1-3-6(11)4-2-5;/h1-4H,11H2;1H. The normalized spacial score (nSPS) is 10.7. The first kappa shape index (κ1) is 11.7. The summed E-state index contributed by atoms with van der Waals surface area (Å²) in [7, 11) is 2.33. The van der Waals surface area contributed by atoms with Crippen LogP contribution >= 0.6 is 21.6 Å². The summed E-state index contributed by atoms with van der Waals surface area (Å²) in [5, 5.41) is 0.748. The van der Waals surface area contributed by atoms with Crippen LogP contribution in [0.5, 0.6) is 0 Å². The summed E-state index contributed by atoms with van der Waals surface area (Å²) in [5.41, 5.74) is -0.608. The van der Waals surface area contributed by atoms with Crippen LogP contribution in [-0.2, 0) is 6.18 Å². The molecule has 0 saturated heterocycles. The summed E-state index contributed by atoms with van der Waals surface area (Å²) in [5.74, 6) is 0. The molecule has 0 aliphatic heterocycles. The van der Waals surface area contributed by atoms with Gasteiger partial charge in [0.05, 0.1) is 5.56 Å². The van der Waals surface area contributed by atoms with Gasteiger partial charge >= 0.3 is 6.18 Å². The molecule has 1 unspecified atom stereocenters. The van der Waals surface area contributed by atoms with Gasteiger partial charge in [0.25, 0.3) is 0 Å². The minimum atomic E-state index is -4.22. The van der Waals surface area contributed by atoms with E-state index in [1.54, 1.807) is 0 Å². The molecule has 0 radical (unpaired) electrons. The van der Waals surface area contributed by atoms with Gasteiger partial charge < -0.3 is 0 Å². The summed E-state index contributed by atoms with van der Waals surface area (Å²) >= 11 is 0. The number of hydrogen-bond acceptors (Lipinski definition) is 0. The topological polar surface area (TPSA) is 0 Å². The van der Waals surface area contributed by atoms with Crippen molar-refractivity contribution in [2.45, 2.75) is 6.18 Å². The molecule has 0 saturated carbocycles. The van der Waals surface area contributed by atoms with Crippen LogP contribution in [0.1, 0.15) is 5.56 Å². The van der Waals surface area contributed by atoms with Crippen LogP contribution in [0.15, 0.2) is 24.3 Å². The molecular weight excluding hydrogens is 207 g/mol. The van der Waals surface area contributed by atoms with Gasteiger partial charge in [-0.25, -0.2) is 0 Å². The van der Waals surface area contributed by atoms with Gasteiger partial charge in [-0.15, -0.1) is 21.6 Å². The van der Waals surface area contributed by atoms with Gasteiger partial charge in [-0.2, -0.15) is 13.2 Å². The fourth-order valence-electron chi connectivity index (χ4n) is 0.672. The van der Waals surface area contributed by atoms with Crippen molar-refractivity contribution in [3.05, 3.63) is 29.8 Å². The van der Waals surface area contributed by atoms with Crippen molar-refractivity contribution in [2.75, 3.05) is 0 Å². The molecule has 68 valence electrons. The molecule has 1 atom stereocenters. The fraction of sp³-hybridized carbons (Fsp3) is 0.143. The predicted octanol–water partition coefficient (Wildman–Crippen LogP) is 2.63. The van der Waals surface area contributed by atoms with Gasteiger partial charge in [0.15, 0.2) is 0 Å². The second-order valence-electron chi connectivity index (χ2n) is 2.12. The second kappa shape index (κ2) is 4.11. The Morgan fingerprint density at radius 3 is 1.75 bits per heavy atom. The van der Waals surface area contributed by atoms with E-state index >= 15 is 0 Å². The van der Waals surface area contributed by atoms with E-state index in [4.69, 9.17) is 0 Å². The fourth-order valence-corrected chi connectivity index (χ4v) is 0.865. The molecule has 0 fully saturated rings. The first-order valence-electron chi connectivity index (χ1n) is 2.93. The van der Waals surface area contributed by atoms with Crippen LogP contribution in [-0.4, -0.2) is 0 Å². The Labute approximate surface area is 76.8 Å². The monoisotopic (exact) mass is 214 g/mol. The van der Waals surface area contributed by atoms with Crippen molar-refractivity contribution in [3.63, 3.8) is 0 Å². The van der Waals surface area contributed by atoms with Crippen LogP contribution in [0.25, 0.3) is 0 Å². The third-order valence-electron chi connectivity index (χ3n) is 1.24. The average Bonchev–Trinajstić information content (AvgIpc) is 1.86. The van der Waals surface area contributed by atoms with Gasteiger partial charge in [-0.05, 0) is 17.4 Å².